The van der Waals surface area contributed by atoms with Crippen molar-refractivity contribution in [1.29, 1.82) is 0 Å². The number of aliphatic hydroxyl groups is 1. The van der Waals surface area contributed by atoms with E-state index in [1.165, 1.54) is 0 Å². The molecule has 20 heavy (non-hydrogen) atoms. The Morgan fingerprint density at radius 3 is 2.90 bits per heavy atom. The van der Waals surface area contributed by atoms with E-state index in [0.29, 0.717) is 16.6 Å². The van der Waals surface area contributed by atoms with Gasteiger partial charge in [0, 0.05) is 18.5 Å². The number of nitrogens with zero attached hydrogens (tertiary/aromatic N) is 1. The lowest BCUT2D eigenvalue weighted by Gasteiger charge is -2.23. The van der Waals surface area contributed by atoms with Crippen molar-refractivity contribution in [1.82, 2.24) is 5.32 Å². The number of anilines is 1. The summed E-state index contributed by atoms with van der Waals surface area (Å²) in [5.41, 5.74) is 2.58. The van der Waals surface area contributed by atoms with Crippen molar-refractivity contribution in [3.8, 4) is 0 Å². The number of carbonyl (C=O) groups excluding carboxylic acids is 1. The average molecular weight is 315 g/mol. The van der Waals surface area contributed by atoms with Gasteiger partial charge in [0.05, 0.1) is 15.7 Å². The fourth-order valence-electron chi connectivity index (χ4n) is 3.37. The largest absolute Gasteiger partial charge is 0.387 e. The van der Waals surface area contributed by atoms with Crippen molar-refractivity contribution < 1.29 is 9.90 Å². The third-order valence-corrected chi connectivity index (χ3v) is 5.28. The molecule has 1 saturated heterocycles. The second-order valence-corrected chi connectivity index (χ2v) is 6.32. The first-order chi connectivity index (χ1) is 9.50. The molecule has 1 atom stereocenters. The molecule has 108 valence electrons. The van der Waals surface area contributed by atoms with Gasteiger partial charge in [0.15, 0.2) is 0 Å². The molecule has 0 aromatic heterocycles. The number of nitrogens with one attached hydrogen (secondary N) is 1. The van der Waals surface area contributed by atoms with Crippen LogP contribution in [-0.2, 0) is 10.2 Å². The predicted octanol–water partition coefficient (Wildman–Crippen LogP) is 1.87. The number of amides is 1. The number of rotatable bonds is 1. The Kier molecular flexibility index (Phi) is 3.45. The molecule has 0 aliphatic carbocycles. The lowest BCUT2D eigenvalue weighted by atomic mass is 9.81. The summed E-state index contributed by atoms with van der Waals surface area (Å²) < 4.78 is 0. The molecule has 6 heteroatoms. The van der Waals surface area contributed by atoms with Gasteiger partial charge in [-0.2, -0.15) is 0 Å². The fourth-order valence-corrected chi connectivity index (χ4v) is 3.76. The van der Waals surface area contributed by atoms with Crippen molar-refractivity contribution in [3.63, 3.8) is 0 Å². The molecule has 0 bridgehead atoms. The van der Waals surface area contributed by atoms with Crippen molar-refractivity contribution in [2.24, 2.45) is 0 Å². The quantitative estimate of drug-likeness (QED) is 0.832. The summed E-state index contributed by atoms with van der Waals surface area (Å²) in [6.45, 7) is 3.67. The summed E-state index contributed by atoms with van der Waals surface area (Å²) in [5, 5.41) is 13.5. The van der Waals surface area contributed by atoms with E-state index in [-0.39, 0.29) is 11.3 Å². The van der Waals surface area contributed by atoms with Crippen molar-refractivity contribution in [3.05, 3.63) is 27.2 Å². The van der Waals surface area contributed by atoms with Crippen LogP contribution < -0.4 is 10.2 Å². The van der Waals surface area contributed by atoms with E-state index in [4.69, 9.17) is 23.2 Å². The molecule has 4 nitrogen and oxygen atoms in total. The van der Waals surface area contributed by atoms with Crippen molar-refractivity contribution >= 4 is 34.8 Å². The van der Waals surface area contributed by atoms with Crippen LogP contribution in [-0.4, -0.2) is 37.3 Å². The van der Waals surface area contributed by atoms with Gasteiger partial charge in [0.2, 0.25) is 0 Å². The zero-order chi connectivity index (χ0) is 14.5. The minimum Gasteiger partial charge on any atom is -0.387 e. The van der Waals surface area contributed by atoms with Crippen LogP contribution in [0.2, 0.25) is 10.0 Å². The topological polar surface area (TPSA) is 52.6 Å². The fraction of sp³-hybridized carbons (Fsp3) is 0.500. The highest BCUT2D eigenvalue weighted by molar-refractivity contribution is 6.43. The molecule has 3 rings (SSSR count). The first-order valence-corrected chi connectivity index (χ1v) is 7.37. The normalized spacial score (nSPS) is 24.5. The molecule has 1 amide bonds. The van der Waals surface area contributed by atoms with Gasteiger partial charge >= 0.3 is 0 Å². The van der Waals surface area contributed by atoms with E-state index < -0.39 is 6.61 Å². The molecule has 2 aliphatic rings. The summed E-state index contributed by atoms with van der Waals surface area (Å²) in [5.74, 6) is -0.295. The van der Waals surface area contributed by atoms with Gasteiger partial charge in [0.25, 0.3) is 5.91 Å². The van der Waals surface area contributed by atoms with Gasteiger partial charge in [-0.3, -0.25) is 4.79 Å². The Morgan fingerprint density at radius 1 is 1.55 bits per heavy atom. The van der Waals surface area contributed by atoms with Crippen LogP contribution in [0.4, 0.5) is 5.69 Å². The predicted molar refractivity (Wildman–Crippen MR) is 79.8 cm³/mol. The molecular formula is C14H16Cl2N2O2. The number of hydrogen-bond donors (Lipinski definition) is 2. The molecule has 1 aromatic rings. The molecule has 0 unspecified atom stereocenters. The summed E-state index contributed by atoms with van der Waals surface area (Å²) in [4.78, 5) is 13.7. The number of hydrogen-bond acceptors (Lipinski definition) is 3. The summed E-state index contributed by atoms with van der Waals surface area (Å²) in [6.07, 6.45) is 0.951. The van der Waals surface area contributed by atoms with Crippen molar-refractivity contribution in [2.75, 3.05) is 31.1 Å². The first kappa shape index (κ1) is 14.1. The highest BCUT2D eigenvalue weighted by Gasteiger charge is 2.47. The van der Waals surface area contributed by atoms with E-state index in [2.05, 4.69) is 5.32 Å². The molecule has 2 N–H and O–H groups in total. The van der Waals surface area contributed by atoms with Crippen LogP contribution in [0, 0.1) is 6.92 Å². The Hall–Kier alpha value is -0.810. The van der Waals surface area contributed by atoms with Crippen LogP contribution >= 0.6 is 23.2 Å². The van der Waals surface area contributed by atoms with Gasteiger partial charge in [0.1, 0.15) is 6.61 Å². The highest BCUT2D eigenvalue weighted by Crippen LogP contribution is 2.49. The maximum atomic E-state index is 12.0. The van der Waals surface area contributed by atoms with E-state index >= 15 is 0 Å². The smallest absolute Gasteiger partial charge is 0.252 e. The Morgan fingerprint density at radius 2 is 2.30 bits per heavy atom. The van der Waals surface area contributed by atoms with E-state index in [1.54, 1.807) is 4.90 Å². The van der Waals surface area contributed by atoms with E-state index in [0.717, 1.165) is 36.3 Å². The summed E-state index contributed by atoms with van der Waals surface area (Å²) >= 11 is 12.4. The third-order valence-electron chi connectivity index (χ3n) is 4.40. The monoisotopic (exact) mass is 314 g/mol. The Labute approximate surface area is 127 Å². The van der Waals surface area contributed by atoms with Gasteiger partial charge in [-0.25, -0.2) is 0 Å². The van der Waals surface area contributed by atoms with Gasteiger partial charge in [-0.05, 0) is 37.1 Å². The lowest BCUT2D eigenvalue weighted by molar-refractivity contribution is -0.121. The van der Waals surface area contributed by atoms with Crippen LogP contribution in [0.3, 0.4) is 0 Å². The average Bonchev–Trinajstić information content (AvgIpc) is 3.03. The Bertz CT molecular complexity index is 583. The Balaban J connectivity index is 2.21. The summed E-state index contributed by atoms with van der Waals surface area (Å²) in [6, 6.07) is 1.88. The van der Waals surface area contributed by atoms with Gasteiger partial charge in [-0.1, -0.05) is 23.2 Å². The zero-order valence-corrected chi connectivity index (χ0v) is 12.7. The van der Waals surface area contributed by atoms with Gasteiger partial charge < -0.3 is 15.3 Å². The SMILES string of the molecule is Cc1c(Cl)c(Cl)cc2c1N(C(=O)CO)C[C@@]21CCNC1. The van der Waals surface area contributed by atoms with Crippen LogP contribution in [0.5, 0.6) is 0 Å². The lowest BCUT2D eigenvalue weighted by Crippen LogP contribution is -2.39. The number of benzene rings is 1. The molecule has 0 radical (unpaired) electrons. The summed E-state index contributed by atoms with van der Waals surface area (Å²) in [7, 11) is 0. The van der Waals surface area contributed by atoms with Crippen LogP contribution in [0.25, 0.3) is 0 Å². The molecular weight excluding hydrogens is 299 g/mol. The highest BCUT2D eigenvalue weighted by atomic mass is 35.5. The first-order valence-electron chi connectivity index (χ1n) is 6.61. The minimum atomic E-state index is -0.497. The number of halogens is 2. The number of fused-ring (bicyclic) bond motifs is 2. The number of aliphatic hydroxyl groups excluding tert-OH is 1. The standard InChI is InChI=1S/C14H16Cl2N2O2/c1-8-12(16)10(15)4-9-13(8)18(11(20)5-19)7-14(9)2-3-17-6-14/h4,17,19H,2-3,5-7H2,1H3/t14-/m0/s1. The van der Waals surface area contributed by atoms with E-state index in [9.17, 15) is 9.90 Å². The molecule has 2 heterocycles. The molecule has 0 saturated carbocycles. The maximum absolute atomic E-state index is 12.0. The molecule has 1 aromatic carbocycles. The van der Waals surface area contributed by atoms with Crippen LogP contribution in [0.15, 0.2) is 6.07 Å². The third kappa shape index (κ3) is 1.86. The minimum absolute atomic E-state index is 0.112. The second-order valence-electron chi connectivity index (χ2n) is 5.54. The number of carbonyl (C=O) groups is 1. The van der Waals surface area contributed by atoms with E-state index in [1.807, 2.05) is 13.0 Å². The molecule has 1 spiro atoms. The second kappa shape index (κ2) is 4.88. The molecule has 2 aliphatic heterocycles. The maximum Gasteiger partial charge on any atom is 0.252 e. The van der Waals surface area contributed by atoms with Crippen molar-refractivity contribution in [2.45, 2.75) is 18.8 Å². The van der Waals surface area contributed by atoms with Gasteiger partial charge in [-0.15, -0.1) is 0 Å². The van der Waals surface area contributed by atoms with Crippen LogP contribution in [0.1, 0.15) is 17.5 Å². The molecule has 1 fully saturated rings. The zero-order valence-electron chi connectivity index (χ0n) is 11.2.